The van der Waals surface area contributed by atoms with Crippen LogP contribution >= 0.6 is 0 Å². The summed E-state index contributed by atoms with van der Waals surface area (Å²) in [5.74, 6) is 0.186. The minimum absolute atomic E-state index is 0.0723. The average Bonchev–Trinajstić information content (AvgIpc) is 1.88. The molecule has 5 nitrogen and oxygen atoms in total. The van der Waals surface area contributed by atoms with Gasteiger partial charge in [-0.25, -0.2) is 4.98 Å². The van der Waals surface area contributed by atoms with Gasteiger partial charge in [-0.2, -0.15) is 4.98 Å². The summed E-state index contributed by atoms with van der Waals surface area (Å²) in [6, 6.07) is 0. The van der Waals surface area contributed by atoms with Crippen LogP contribution in [-0.4, -0.2) is 16.3 Å². The number of carbonyl (C=O) groups excluding carboxylic acids is 1. The van der Waals surface area contributed by atoms with Gasteiger partial charge in [-0.05, 0) is 0 Å². The van der Waals surface area contributed by atoms with Gasteiger partial charge >= 0.3 is 0 Å². The number of rotatable bonds is 1. The molecule has 0 unspecified atom stereocenters. The lowest BCUT2D eigenvalue weighted by Crippen LogP contribution is -2.02. The first-order valence-corrected chi connectivity index (χ1v) is 2.57. The van der Waals surface area contributed by atoms with Gasteiger partial charge < -0.3 is 11.5 Å². The van der Waals surface area contributed by atoms with Crippen molar-refractivity contribution in [1.29, 1.82) is 0 Å². The van der Waals surface area contributed by atoms with E-state index >= 15 is 0 Å². The molecule has 0 aliphatic rings. The molecule has 10 heavy (non-hydrogen) atoms. The molecule has 0 amide bonds. The Bertz CT molecular complexity index is 260. The van der Waals surface area contributed by atoms with Gasteiger partial charge in [0.05, 0.1) is 5.56 Å². The summed E-state index contributed by atoms with van der Waals surface area (Å²) in [5.41, 5.74) is 10.7. The predicted molar refractivity (Wildman–Crippen MR) is 36.2 cm³/mol. The Hall–Kier alpha value is -1.65. The fourth-order valence-corrected chi connectivity index (χ4v) is 0.509. The Morgan fingerprint density at radius 1 is 1.50 bits per heavy atom. The van der Waals surface area contributed by atoms with Crippen molar-refractivity contribution in [2.75, 3.05) is 11.5 Å². The van der Waals surface area contributed by atoms with Crippen LogP contribution in [0.5, 0.6) is 0 Å². The highest BCUT2D eigenvalue weighted by Crippen LogP contribution is 2.03. The molecular formula is C5H6N4O. The molecule has 0 aliphatic heterocycles. The Morgan fingerprint density at radius 2 is 2.20 bits per heavy atom. The molecule has 1 heterocycles. The standard InChI is InChI=1S/C5H6N4O/c6-4-3(2-10)1-8-5(7)9-4/h1-2H,(H4,6,7,8,9). The smallest absolute Gasteiger partial charge is 0.221 e. The summed E-state index contributed by atoms with van der Waals surface area (Å²) < 4.78 is 0. The molecular weight excluding hydrogens is 132 g/mol. The van der Waals surface area contributed by atoms with Gasteiger partial charge in [0, 0.05) is 6.20 Å². The lowest BCUT2D eigenvalue weighted by Gasteiger charge is -1.95. The first kappa shape index (κ1) is 6.47. The molecule has 0 fully saturated rings. The van der Waals surface area contributed by atoms with E-state index in [2.05, 4.69) is 9.97 Å². The molecule has 0 atom stereocenters. The van der Waals surface area contributed by atoms with Crippen LogP contribution in [0, 0.1) is 0 Å². The molecule has 1 rings (SSSR count). The quantitative estimate of drug-likeness (QED) is 0.508. The molecule has 0 radical (unpaired) electrons. The lowest BCUT2D eigenvalue weighted by atomic mass is 10.3. The molecule has 0 aromatic carbocycles. The predicted octanol–water partition coefficient (Wildman–Crippen LogP) is -0.547. The molecule has 0 aliphatic carbocycles. The zero-order chi connectivity index (χ0) is 7.56. The highest BCUT2D eigenvalue weighted by atomic mass is 16.1. The van der Waals surface area contributed by atoms with E-state index in [4.69, 9.17) is 11.5 Å². The maximum absolute atomic E-state index is 10.1. The van der Waals surface area contributed by atoms with Gasteiger partial charge in [-0.1, -0.05) is 0 Å². The van der Waals surface area contributed by atoms with E-state index < -0.39 is 0 Å². The Morgan fingerprint density at radius 3 is 2.70 bits per heavy atom. The summed E-state index contributed by atoms with van der Waals surface area (Å²) in [6.07, 6.45) is 1.86. The second-order valence-electron chi connectivity index (χ2n) is 1.69. The Balaban J connectivity index is 3.19. The number of nitrogens with zero attached hydrogens (tertiary/aromatic N) is 2. The molecule has 0 saturated carbocycles. The van der Waals surface area contributed by atoms with Crippen molar-refractivity contribution in [2.45, 2.75) is 0 Å². The normalized spacial score (nSPS) is 9.20. The summed E-state index contributed by atoms with van der Waals surface area (Å²) in [4.78, 5) is 17.3. The van der Waals surface area contributed by atoms with E-state index in [9.17, 15) is 4.79 Å². The van der Waals surface area contributed by atoms with Crippen LogP contribution in [0.15, 0.2) is 6.20 Å². The molecule has 1 aromatic rings. The van der Waals surface area contributed by atoms with Crippen molar-refractivity contribution >= 4 is 18.1 Å². The third kappa shape index (κ3) is 1.02. The Kier molecular flexibility index (Phi) is 1.49. The number of nitrogen functional groups attached to an aromatic ring is 2. The van der Waals surface area contributed by atoms with Crippen LogP contribution in [0.3, 0.4) is 0 Å². The zero-order valence-electron chi connectivity index (χ0n) is 5.11. The number of nitrogens with two attached hydrogens (primary N) is 2. The highest BCUT2D eigenvalue weighted by Gasteiger charge is 1.98. The zero-order valence-corrected chi connectivity index (χ0v) is 5.11. The van der Waals surface area contributed by atoms with Crippen molar-refractivity contribution in [3.05, 3.63) is 11.8 Å². The topological polar surface area (TPSA) is 94.9 Å². The van der Waals surface area contributed by atoms with Crippen molar-refractivity contribution < 1.29 is 4.79 Å². The van der Waals surface area contributed by atoms with E-state index in [-0.39, 0.29) is 17.3 Å². The Labute approximate surface area is 57.1 Å². The number of aromatic nitrogens is 2. The molecule has 0 saturated heterocycles. The molecule has 52 valence electrons. The number of aldehydes is 1. The van der Waals surface area contributed by atoms with E-state index in [1.165, 1.54) is 6.20 Å². The number of hydrogen-bond acceptors (Lipinski definition) is 5. The summed E-state index contributed by atoms with van der Waals surface area (Å²) >= 11 is 0. The first-order valence-electron chi connectivity index (χ1n) is 2.57. The second-order valence-corrected chi connectivity index (χ2v) is 1.69. The fourth-order valence-electron chi connectivity index (χ4n) is 0.509. The highest BCUT2D eigenvalue weighted by molar-refractivity contribution is 5.81. The van der Waals surface area contributed by atoms with Crippen molar-refractivity contribution in [1.82, 2.24) is 9.97 Å². The molecule has 0 spiro atoms. The summed E-state index contributed by atoms with van der Waals surface area (Å²) in [5, 5.41) is 0. The van der Waals surface area contributed by atoms with Crippen LogP contribution < -0.4 is 11.5 Å². The molecule has 4 N–H and O–H groups in total. The monoisotopic (exact) mass is 138 g/mol. The molecule has 0 bridgehead atoms. The van der Waals surface area contributed by atoms with E-state index in [0.29, 0.717) is 6.29 Å². The number of hydrogen-bond donors (Lipinski definition) is 2. The minimum atomic E-state index is 0.0723. The van der Waals surface area contributed by atoms with Crippen molar-refractivity contribution in [3.63, 3.8) is 0 Å². The van der Waals surface area contributed by atoms with E-state index in [1.807, 2.05) is 0 Å². The molecule has 1 aromatic heterocycles. The SMILES string of the molecule is Nc1ncc(C=O)c(N)n1. The summed E-state index contributed by atoms with van der Waals surface area (Å²) in [7, 11) is 0. The van der Waals surface area contributed by atoms with Crippen molar-refractivity contribution in [3.8, 4) is 0 Å². The maximum Gasteiger partial charge on any atom is 0.221 e. The maximum atomic E-state index is 10.1. The number of carbonyl (C=O) groups is 1. The van der Waals surface area contributed by atoms with Gasteiger partial charge in [0.2, 0.25) is 5.95 Å². The fraction of sp³-hybridized carbons (Fsp3) is 0. The average molecular weight is 138 g/mol. The van der Waals surface area contributed by atoms with E-state index in [0.717, 1.165) is 0 Å². The van der Waals surface area contributed by atoms with Crippen LogP contribution in [0.25, 0.3) is 0 Å². The van der Waals surface area contributed by atoms with Crippen LogP contribution in [0.1, 0.15) is 10.4 Å². The second kappa shape index (κ2) is 2.30. The van der Waals surface area contributed by atoms with Gasteiger partial charge in [-0.15, -0.1) is 0 Å². The summed E-state index contributed by atoms with van der Waals surface area (Å²) in [6.45, 7) is 0. The van der Waals surface area contributed by atoms with Crippen molar-refractivity contribution in [2.24, 2.45) is 0 Å². The third-order valence-corrected chi connectivity index (χ3v) is 0.994. The van der Waals surface area contributed by atoms with Crippen LogP contribution in [0.2, 0.25) is 0 Å². The van der Waals surface area contributed by atoms with Gasteiger partial charge in [0.15, 0.2) is 6.29 Å². The minimum Gasteiger partial charge on any atom is -0.383 e. The van der Waals surface area contributed by atoms with Crippen LogP contribution in [-0.2, 0) is 0 Å². The first-order chi connectivity index (χ1) is 4.74. The third-order valence-electron chi connectivity index (χ3n) is 0.994. The lowest BCUT2D eigenvalue weighted by molar-refractivity contribution is 0.112. The van der Waals surface area contributed by atoms with Gasteiger partial charge in [0.25, 0.3) is 0 Å². The number of anilines is 2. The van der Waals surface area contributed by atoms with Gasteiger partial charge in [-0.3, -0.25) is 4.79 Å². The van der Waals surface area contributed by atoms with Crippen LogP contribution in [0.4, 0.5) is 11.8 Å². The largest absolute Gasteiger partial charge is 0.383 e. The molecule has 5 heteroatoms. The van der Waals surface area contributed by atoms with E-state index in [1.54, 1.807) is 0 Å². The van der Waals surface area contributed by atoms with Gasteiger partial charge in [0.1, 0.15) is 5.82 Å².